The lowest BCUT2D eigenvalue weighted by Crippen LogP contribution is -2.53. The highest BCUT2D eigenvalue weighted by Gasteiger charge is 2.40. The molecule has 0 fully saturated rings. The molecule has 1 aromatic carbocycles. The number of methoxy groups -OCH3 is 2. The molecular weight excluding hydrogens is 287 g/mol. The summed E-state index contributed by atoms with van der Waals surface area (Å²) in [6, 6.07) is 4.52. The van der Waals surface area contributed by atoms with Crippen molar-refractivity contribution in [2.75, 3.05) is 14.2 Å². The zero-order valence-corrected chi connectivity index (χ0v) is 13.8. The van der Waals surface area contributed by atoms with E-state index in [0.29, 0.717) is 5.75 Å². The summed E-state index contributed by atoms with van der Waals surface area (Å²) in [5.41, 5.74) is -1.66. The van der Waals surface area contributed by atoms with Crippen LogP contribution in [0, 0.1) is 0 Å². The average Bonchev–Trinajstić information content (AvgIpc) is 2.43. The van der Waals surface area contributed by atoms with Crippen molar-refractivity contribution >= 4 is 18.6 Å². The van der Waals surface area contributed by atoms with Gasteiger partial charge in [0.05, 0.1) is 31.0 Å². The molecule has 0 aliphatic heterocycles. The van der Waals surface area contributed by atoms with Gasteiger partial charge in [-0.25, -0.2) is 4.79 Å². The van der Waals surface area contributed by atoms with Crippen molar-refractivity contribution in [1.29, 1.82) is 0 Å². The van der Waals surface area contributed by atoms with E-state index in [1.165, 1.54) is 26.4 Å². The minimum atomic E-state index is -1.37. The van der Waals surface area contributed by atoms with E-state index >= 15 is 0 Å². The monoisotopic (exact) mass is 310 g/mol. The van der Waals surface area contributed by atoms with E-state index in [9.17, 15) is 14.9 Å². The summed E-state index contributed by atoms with van der Waals surface area (Å²) in [6.45, 7) is 6.49. The third kappa shape index (κ3) is 4.00. The van der Waals surface area contributed by atoms with Crippen molar-refractivity contribution < 1.29 is 29.1 Å². The van der Waals surface area contributed by atoms with Crippen LogP contribution in [0.5, 0.6) is 5.75 Å². The van der Waals surface area contributed by atoms with Crippen LogP contribution in [0.2, 0.25) is 0 Å². The number of esters is 1. The van der Waals surface area contributed by atoms with Gasteiger partial charge in [0.25, 0.3) is 0 Å². The van der Waals surface area contributed by atoms with Crippen molar-refractivity contribution in [3.8, 4) is 5.75 Å². The lowest BCUT2D eigenvalue weighted by molar-refractivity contribution is -0.0983. The second kappa shape index (κ2) is 6.68. The fourth-order valence-corrected chi connectivity index (χ4v) is 1.66. The first kappa shape index (κ1) is 18.5. The van der Waals surface area contributed by atoms with Crippen LogP contribution in [0.1, 0.15) is 38.1 Å². The molecule has 0 spiro atoms. The number of hydrogen-bond acceptors (Lipinski definition) is 6. The molecule has 1 aromatic rings. The van der Waals surface area contributed by atoms with Gasteiger partial charge < -0.3 is 24.3 Å². The van der Waals surface area contributed by atoms with Crippen LogP contribution in [0.3, 0.4) is 0 Å². The molecule has 2 N–H and O–H groups in total. The second-order valence-electron chi connectivity index (χ2n) is 5.99. The van der Waals surface area contributed by atoms with Gasteiger partial charge in [-0.3, -0.25) is 0 Å². The topological polar surface area (TPSA) is 85.2 Å². The van der Waals surface area contributed by atoms with Gasteiger partial charge in [-0.05, 0) is 45.9 Å². The predicted octanol–water partition coefficient (Wildman–Crippen LogP) is 0.735. The van der Waals surface area contributed by atoms with Crippen LogP contribution < -0.4 is 10.2 Å². The summed E-state index contributed by atoms with van der Waals surface area (Å²) in [6.07, 6.45) is 0. The van der Waals surface area contributed by atoms with Gasteiger partial charge in [0.1, 0.15) is 5.75 Å². The highest BCUT2D eigenvalue weighted by Crippen LogP contribution is 2.26. The number of ether oxygens (including phenoxy) is 2. The molecule has 0 unspecified atom stereocenters. The highest BCUT2D eigenvalue weighted by atomic mass is 16.6. The Labute approximate surface area is 131 Å². The Balaban J connectivity index is 3.15. The van der Waals surface area contributed by atoms with E-state index < -0.39 is 24.3 Å². The first-order chi connectivity index (χ1) is 10.0. The van der Waals surface area contributed by atoms with E-state index in [4.69, 9.17) is 9.39 Å². The molecule has 6 nitrogen and oxygen atoms in total. The number of aliphatic hydroxyl groups is 1. The number of benzene rings is 1. The summed E-state index contributed by atoms with van der Waals surface area (Å²) in [4.78, 5) is 11.6. The Morgan fingerprint density at radius 3 is 2.23 bits per heavy atom. The van der Waals surface area contributed by atoms with Crippen molar-refractivity contribution in [1.82, 2.24) is 0 Å². The quantitative estimate of drug-likeness (QED) is 0.595. The molecule has 0 amide bonds. The molecule has 0 bridgehead atoms. The Morgan fingerprint density at radius 2 is 1.77 bits per heavy atom. The molecule has 0 aliphatic rings. The first-order valence-corrected chi connectivity index (χ1v) is 6.88. The molecule has 1 rings (SSSR count). The van der Waals surface area contributed by atoms with E-state index in [0.717, 1.165) is 0 Å². The van der Waals surface area contributed by atoms with Gasteiger partial charge in [-0.1, -0.05) is 0 Å². The summed E-state index contributed by atoms with van der Waals surface area (Å²) in [5.74, 6) is -0.162. The van der Waals surface area contributed by atoms with Crippen molar-refractivity contribution in [3.05, 3.63) is 23.8 Å². The van der Waals surface area contributed by atoms with Crippen molar-refractivity contribution in [2.24, 2.45) is 0 Å². The van der Waals surface area contributed by atoms with Gasteiger partial charge in [0.15, 0.2) is 0 Å². The third-order valence-electron chi connectivity index (χ3n) is 3.80. The van der Waals surface area contributed by atoms with Crippen LogP contribution >= 0.6 is 0 Å². The van der Waals surface area contributed by atoms with E-state index in [2.05, 4.69) is 4.74 Å². The van der Waals surface area contributed by atoms with E-state index in [1.807, 2.05) is 0 Å². The fraction of sp³-hybridized carbons (Fsp3) is 0.533. The molecule has 0 aliphatic carbocycles. The Bertz CT molecular complexity index is 535. The number of carbonyl (C=O) groups is 1. The van der Waals surface area contributed by atoms with Gasteiger partial charge in [-0.2, -0.15) is 0 Å². The standard InChI is InChI=1S/C15H23BO6/c1-14(2,18)15(3,4)22-16(19)11-9-10(13(17)21-6)7-8-12(11)20-5/h7-9,18-19H,1-6H3. The second-order valence-corrected chi connectivity index (χ2v) is 5.99. The molecule has 0 atom stereocenters. The summed E-state index contributed by atoms with van der Waals surface area (Å²) in [7, 11) is 1.35. The summed E-state index contributed by atoms with van der Waals surface area (Å²) in [5, 5.41) is 20.5. The van der Waals surface area contributed by atoms with E-state index in [-0.39, 0.29) is 11.0 Å². The minimum absolute atomic E-state index is 0.266. The largest absolute Gasteiger partial charge is 0.497 e. The maximum absolute atomic E-state index is 11.6. The predicted molar refractivity (Wildman–Crippen MR) is 83.4 cm³/mol. The molecule has 0 saturated heterocycles. The number of rotatable bonds is 6. The number of carbonyl (C=O) groups excluding carboxylic acids is 1. The Hall–Kier alpha value is -1.57. The van der Waals surface area contributed by atoms with Crippen LogP contribution in [0.4, 0.5) is 0 Å². The molecule has 0 aromatic heterocycles. The van der Waals surface area contributed by atoms with Gasteiger partial charge in [0.2, 0.25) is 0 Å². The maximum Gasteiger partial charge on any atom is 0.495 e. The SMILES string of the molecule is COC(=O)c1ccc(OC)c(B(O)OC(C)(C)C(C)(C)O)c1. The zero-order valence-electron chi connectivity index (χ0n) is 13.8. The molecule has 7 heteroatoms. The van der Waals surface area contributed by atoms with Gasteiger partial charge in [-0.15, -0.1) is 0 Å². The minimum Gasteiger partial charge on any atom is -0.497 e. The lowest BCUT2D eigenvalue weighted by Gasteiger charge is -2.38. The van der Waals surface area contributed by atoms with E-state index in [1.54, 1.807) is 33.8 Å². The van der Waals surface area contributed by atoms with Crippen molar-refractivity contribution in [3.63, 3.8) is 0 Å². The van der Waals surface area contributed by atoms with Crippen molar-refractivity contribution in [2.45, 2.75) is 38.9 Å². The molecule has 0 saturated carbocycles. The van der Waals surface area contributed by atoms with Crippen LogP contribution in [0.15, 0.2) is 18.2 Å². The highest BCUT2D eigenvalue weighted by molar-refractivity contribution is 6.61. The van der Waals surface area contributed by atoms with Crippen LogP contribution in [0.25, 0.3) is 0 Å². The maximum atomic E-state index is 11.6. The normalized spacial score (nSPS) is 12.0. The summed E-state index contributed by atoms with van der Waals surface area (Å²) < 4.78 is 15.4. The Morgan fingerprint density at radius 1 is 1.18 bits per heavy atom. The zero-order chi connectivity index (χ0) is 17.1. The van der Waals surface area contributed by atoms with Gasteiger partial charge in [0, 0.05) is 5.46 Å². The average molecular weight is 310 g/mol. The lowest BCUT2D eigenvalue weighted by atomic mass is 9.75. The molecule has 22 heavy (non-hydrogen) atoms. The fourth-order valence-electron chi connectivity index (χ4n) is 1.66. The molecule has 0 heterocycles. The smallest absolute Gasteiger partial charge is 0.495 e. The molecular formula is C15H23BO6. The van der Waals surface area contributed by atoms with Gasteiger partial charge >= 0.3 is 13.1 Å². The van der Waals surface area contributed by atoms with Crippen LogP contribution in [-0.2, 0) is 9.39 Å². The summed E-state index contributed by atoms with van der Waals surface area (Å²) >= 11 is 0. The Kier molecular flexibility index (Phi) is 5.62. The first-order valence-electron chi connectivity index (χ1n) is 6.88. The third-order valence-corrected chi connectivity index (χ3v) is 3.80. The number of hydrogen-bond donors (Lipinski definition) is 2. The molecule has 122 valence electrons. The van der Waals surface area contributed by atoms with Crippen LogP contribution in [-0.4, -0.2) is 48.6 Å². The molecule has 0 radical (unpaired) electrons.